The zero-order chi connectivity index (χ0) is 19.9. The molecule has 0 aliphatic carbocycles. The van der Waals surface area contributed by atoms with Gasteiger partial charge in [-0.2, -0.15) is 9.61 Å². The van der Waals surface area contributed by atoms with Crippen LogP contribution in [0.4, 0.5) is 0 Å². The summed E-state index contributed by atoms with van der Waals surface area (Å²) in [6.45, 7) is 3.82. The van der Waals surface area contributed by atoms with Crippen molar-refractivity contribution in [2.75, 3.05) is 33.4 Å². The molecule has 1 aromatic carbocycles. The van der Waals surface area contributed by atoms with Crippen LogP contribution in [0.5, 0.6) is 11.5 Å². The lowest BCUT2D eigenvalue weighted by Crippen LogP contribution is -2.22. The van der Waals surface area contributed by atoms with Gasteiger partial charge in [-0.15, -0.1) is 0 Å². The normalized spacial score (nSPS) is 14.0. The SMILES string of the molecule is COc1cc2c(cc1OCCCN1CCCC1)[nH]c(=O)n1nccc21.O=CO. The van der Waals surface area contributed by atoms with Gasteiger partial charge in [0.15, 0.2) is 11.5 Å². The molecular weight excluding hydrogens is 364 g/mol. The van der Waals surface area contributed by atoms with Gasteiger partial charge in [-0.1, -0.05) is 0 Å². The molecule has 4 rings (SSSR count). The number of fused-ring (bicyclic) bond motifs is 3. The predicted octanol–water partition coefficient (Wildman–Crippen LogP) is 1.75. The fourth-order valence-corrected chi connectivity index (χ4v) is 3.46. The fraction of sp³-hybridized carbons (Fsp3) is 0.421. The molecule has 0 amide bonds. The Balaban J connectivity index is 0.000000706. The number of nitrogens with zero attached hydrogens (tertiary/aromatic N) is 3. The Hall–Kier alpha value is -3.07. The number of aromatic nitrogens is 3. The van der Waals surface area contributed by atoms with Crippen LogP contribution in [0.3, 0.4) is 0 Å². The molecule has 9 nitrogen and oxygen atoms in total. The van der Waals surface area contributed by atoms with Gasteiger partial charge in [0.1, 0.15) is 0 Å². The molecule has 3 heterocycles. The third-order valence-corrected chi connectivity index (χ3v) is 4.73. The van der Waals surface area contributed by atoms with Crippen LogP contribution in [0.15, 0.2) is 29.2 Å². The van der Waals surface area contributed by atoms with Crippen LogP contribution in [-0.2, 0) is 4.79 Å². The number of aromatic amines is 1. The van der Waals surface area contributed by atoms with E-state index in [0.29, 0.717) is 23.6 Å². The van der Waals surface area contributed by atoms with Crippen LogP contribution in [0, 0.1) is 0 Å². The topological polar surface area (TPSA) is 109 Å². The molecular formula is C19H24N4O5. The first-order chi connectivity index (χ1) is 13.7. The van der Waals surface area contributed by atoms with Gasteiger partial charge in [0.25, 0.3) is 6.47 Å². The van der Waals surface area contributed by atoms with E-state index in [1.807, 2.05) is 18.2 Å². The summed E-state index contributed by atoms with van der Waals surface area (Å²) in [5, 5.41) is 11.8. The van der Waals surface area contributed by atoms with Crippen LogP contribution >= 0.6 is 0 Å². The predicted molar refractivity (Wildman–Crippen MR) is 104 cm³/mol. The molecule has 9 heteroatoms. The van der Waals surface area contributed by atoms with Gasteiger partial charge in [-0.3, -0.25) is 4.79 Å². The number of hydrogen-bond donors (Lipinski definition) is 2. The summed E-state index contributed by atoms with van der Waals surface area (Å²) >= 11 is 0. The molecule has 0 bridgehead atoms. The number of benzene rings is 1. The van der Waals surface area contributed by atoms with Gasteiger partial charge in [0.05, 0.1) is 30.9 Å². The summed E-state index contributed by atoms with van der Waals surface area (Å²) in [7, 11) is 1.62. The van der Waals surface area contributed by atoms with E-state index in [-0.39, 0.29) is 12.2 Å². The quantitative estimate of drug-likeness (QED) is 0.489. The summed E-state index contributed by atoms with van der Waals surface area (Å²) in [6.07, 6.45) is 5.18. The van der Waals surface area contributed by atoms with Gasteiger partial charge in [0.2, 0.25) is 0 Å². The highest BCUT2D eigenvalue weighted by Gasteiger charge is 2.13. The van der Waals surface area contributed by atoms with Crippen molar-refractivity contribution in [1.82, 2.24) is 19.5 Å². The van der Waals surface area contributed by atoms with E-state index in [0.717, 1.165) is 23.9 Å². The molecule has 3 aromatic rings. The van der Waals surface area contributed by atoms with Crippen molar-refractivity contribution in [1.29, 1.82) is 0 Å². The van der Waals surface area contributed by atoms with Gasteiger partial charge < -0.3 is 24.5 Å². The molecule has 0 saturated carbocycles. The first kappa shape index (κ1) is 19.7. The molecule has 0 atom stereocenters. The van der Waals surface area contributed by atoms with E-state index in [2.05, 4.69) is 15.0 Å². The minimum Gasteiger partial charge on any atom is -0.493 e. The van der Waals surface area contributed by atoms with Gasteiger partial charge in [-0.25, -0.2) is 4.79 Å². The summed E-state index contributed by atoms with van der Waals surface area (Å²) < 4.78 is 12.8. The minimum atomic E-state index is -0.266. The minimum absolute atomic E-state index is 0.250. The molecule has 1 aliphatic heterocycles. The number of nitrogens with one attached hydrogen (secondary N) is 1. The zero-order valence-corrected chi connectivity index (χ0v) is 15.8. The maximum absolute atomic E-state index is 12.1. The Morgan fingerprint density at radius 1 is 1.29 bits per heavy atom. The van der Waals surface area contributed by atoms with Crippen molar-refractivity contribution in [3.63, 3.8) is 0 Å². The highest BCUT2D eigenvalue weighted by atomic mass is 16.5. The van der Waals surface area contributed by atoms with E-state index >= 15 is 0 Å². The average Bonchev–Trinajstić information content (AvgIpc) is 3.38. The number of rotatable bonds is 6. The largest absolute Gasteiger partial charge is 0.493 e. The Morgan fingerprint density at radius 2 is 2.04 bits per heavy atom. The number of ether oxygens (including phenoxy) is 2. The molecule has 2 aromatic heterocycles. The van der Waals surface area contributed by atoms with Crippen molar-refractivity contribution < 1.29 is 19.4 Å². The highest BCUT2D eigenvalue weighted by Crippen LogP contribution is 2.32. The van der Waals surface area contributed by atoms with Crippen molar-refractivity contribution in [2.45, 2.75) is 19.3 Å². The zero-order valence-electron chi connectivity index (χ0n) is 15.8. The molecule has 150 valence electrons. The number of hydrogen-bond acceptors (Lipinski definition) is 6. The molecule has 1 saturated heterocycles. The van der Waals surface area contributed by atoms with Crippen LogP contribution in [0.25, 0.3) is 16.4 Å². The second-order valence-corrected chi connectivity index (χ2v) is 6.46. The Bertz CT molecular complexity index is 991. The summed E-state index contributed by atoms with van der Waals surface area (Å²) in [6, 6.07) is 5.53. The van der Waals surface area contributed by atoms with Crippen molar-refractivity contribution in [3.8, 4) is 11.5 Å². The van der Waals surface area contributed by atoms with Crippen LogP contribution in [0.1, 0.15) is 19.3 Å². The Kier molecular flexibility index (Phi) is 6.49. The first-order valence-electron chi connectivity index (χ1n) is 9.18. The van der Waals surface area contributed by atoms with E-state index < -0.39 is 0 Å². The second-order valence-electron chi connectivity index (χ2n) is 6.46. The maximum atomic E-state index is 12.1. The number of carbonyl (C=O) groups is 1. The van der Waals surface area contributed by atoms with Gasteiger partial charge >= 0.3 is 5.69 Å². The monoisotopic (exact) mass is 388 g/mol. The third-order valence-electron chi connectivity index (χ3n) is 4.73. The lowest BCUT2D eigenvalue weighted by molar-refractivity contribution is -0.122. The third kappa shape index (κ3) is 4.25. The van der Waals surface area contributed by atoms with E-state index in [4.69, 9.17) is 19.4 Å². The summed E-state index contributed by atoms with van der Waals surface area (Å²) in [5.41, 5.74) is 1.20. The highest BCUT2D eigenvalue weighted by molar-refractivity contribution is 5.95. The molecule has 1 aliphatic rings. The molecule has 2 N–H and O–H groups in total. The number of methoxy groups -OCH3 is 1. The summed E-state index contributed by atoms with van der Waals surface area (Å²) in [4.78, 5) is 25.8. The standard InChI is InChI=1S/C18H22N4O3.CH2O2/c1-24-16-11-13-14(20-18(23)22-15(13)5-6-19-22)12-17(16)25-10-4-9-21-7-2-3-8-21;2-1-3/h5-6,11-12H,2-4,7-10H2,1H3,(H,20,23);1H,(H,2,3). The fourth-order valence-electron chi connectivity index (χ4n) is 3.46. The maximum Gasteiger partial charge on any atom is 0.347 e. The molecule has 0 spiro atoms. The van der Waals surface area contributed by atoms with Gasteiger partial charge in [-0.05, 0) is 44.5 Å². The number of H-pyrrole nitrogens is 1. The average molecular weight is 388 g/mol. The van der Waals surface area contributed by atoms with E-state index in [1.54, 1.807) is 13.3 Å². The van der Waals surface area contributed by atoms with Crippen LogP contribution < -0.4 is 15.2 Å². The number of carboxylic acid groups (broad SMARTS) is 1. The molecule has 0 radical (unpaired) electrons. The lowest BCUT2D eigenvalue weighted by atomic mass is 10.2. The van der Waals surface area contributed by atoms with Crippen molar-refractivity contribution >= 4 is 22.9 Å². The molecule has 0 unspecified atom stereocenters. The Morgan fingerprint density at radius 3 is 2.75 bits per heavy atom. The Labute approximate surface area is 161 Å². The van der Waals surface area contributed by atoms with Crippen molar-refractivity contribution in [2.24, 2.45) is 0 Å². The van der Waals surface area contributed by atoms with Crippen molar-refractivity contribution in [3.05, 3.63) is 34.9 Å². The lowest BCUT2D eigenvalue weighted by Gasteiger charge is -2.16. The summed E-state index contributed by atoms with van der Waals surface area (Å²) in [5.74, 6) is 1.31. The smallest absolute Gasteiger partial charge is 0.347 e. The molecule has 28 heavy (non-hydrogen) atoms. The van der Waals surface area contributed by atoms with E-state index in [1.165, 1.54) is 30.4 Å². The van der Waals surface area contributed by atoms with Crippen LogP contribution in [0.2, 0.25) is 0 Å². The first-order valence-corrected chi connectivity index (χ1v) is 9.18. The molecule has 1 fully saturated rings. The van der Waals surface area contributed by atoms with Gasteiger partial charge in [0, 0.05) is 18.0 Å². The van der Waals surface area contributed by atoms with E-state index in [9.17, 15) is 4.79 Å². The number of likely N-dealkylation sites (tertiary alicyclic amines) is 1. The second kappa shape index (κ2) is 9.23. The van der Waals surface area contributed by atoms with Crippen LogP contribution in [-0.4, -0.2) is 64.4 Å².